The van der Waals surface area contributed by atoms with E-state index in [-0.39, 0.29) is 12.3 Å². The van der Waals surface area contributed by atoms with Crippen LogP contribution >= 0.6 is 0 Å². The van der Waals surface area contributed by atoms with E-state index in [4.69, 9.17) is 10.8 Å². The molecule has 7 nitrogen and oxygen atoms in total. The molecule has 0 aromatic heterocycles. The standard InChI is InChI=1S/C10H21N3O4S/c1-2-7-18(16,17)13-5-3-12(4-6-13)9(8-11)10(14)15/h9H,2-8,11H2,1H3,(H,14,15)/t9-/m0/s1. The van der Waals surface area contributed by atoms with Gasteiger partial charge in [-0.15, -0.1) is 0 Å². The summed E-state index contributed by atoms with van der Waals surface area (Å²) >= 11 is 0. The number of carboxylic acid groups (broad SMARTS) is 1. The molecular weight excluding hydrogens is 258 g/mol. The topological polar surface area (TPSA) is 104 Å². The van der Waals surface area contributed by atoms with E-state index in [2.05, 4.69) is 0 Å². The molecule has 1 aliphatic heterocycles. The fourth-order valence-electron chi connectivity index (χ4n) is 2.09. The SMILES string of the molecule is CCCS(=O)(=O)N1CCN([C@@H](CN)C(=O)O)CC1. The third-order valence-corrected chi connectivity index (χ3v) is 5.15. The lowest BCUT2D eigenvalue weighted by molar-refractivity contribution is -0.143. The van der Waals surface area contributed by atoms with Crippen LogP contribution in [-0.4, -0.2) is 73.2 Å². The zero-order chi connectivity index (χ0) is 13.8. The number of carbonyl (C=O) groups is 1. The molecule has 0 spiro atoms. The van der Waals surface area contributed by atoms with Crippen LogP contribution in [0.25, 0.3) is 0 Å². The Hall–Kier alpha value is -0.700. The molecule has 1 aliphatic rings. The van der Waals surface area contributed by atoms with E-state index < -0.39 is 22.0 Å². The lowest BCUT2D eigenvalue weighted by Crippen LogP contribution is -2.56. The second-order valence-electron chi connectivity index (χ2n) is 4.34. The van der Waals surface area contributed by atoms with E-state index in [1.54, 1.807) is 4.90 Å². The Morgan fingerprint density at radius 2 is 1.89 bits per heavy atom. The van der Waals surface area contributed by atoms with Gasteiger partial charge in [0.2, 0.25) is 10.0 Å². The fourth-order valence-corrected chi connectivity index (χ4v) is 3.58. The summed E-state index contributed by atoms with van der Waals surface area (Å²) < 4.78 is 25.1. The molecule has 0 bridgehead atoms. The minimum atomic E-state index is -3.18. The highest BCUT2D eigenvalue weighted by molar-refractivity contribution is 7.89. The van der Waals surface area contributed by atoms with Gasteiger partial charge in [-0.05, 0) is 6.42 Å². The summed E-state index contributed by atoms with van der Waals surface area (Å²) in [5.41, 5.74) is 5.42. The monoisotopic (exact) mass is 279 g/mol. The van der Waals surface area contributed by atoms with Gasteiger partial charge in [0.1, 0.15) is 6.04 Å². The van der Waals surface area contributed by atoms with Crippen molar-refractivity contribution >= 4 is 16.0 Å². The molecule has 0 unspecified atom stereocenters. The smallest absolute Gasteiger partial charge is 0.322 e. The summed E-state index contributed by atoms with van der Waals surface area (Å²) in [5, 5.41) is 8.98. The highest BCUT2D eigenvalue weighted by atomic mass is 32.2. The van der Waals surface area contributed by atoms with Gasteiger partial charge in [0, 0.05) is 32.7 Å². The molecule has 1 heterocycles. The maximum atomic E-state index is 11.8. The zero-order valence-electron chi connectivity index (χ0n) is 10.6. The van der Waals surface area contributed by atoms with Crippen molar-refractivity contribution in [3.05, 3.63) is 0 Å². The first kappa shape index (κ1) is 15.4. The van der Waals surface area contributed by atoms with Crippen molar-refractivity contribution in [3.63, 3.8) is 0 Å². The molecule has 3 N–H and O–H groups in total. The van der Waals surface area contributed by atoms with E-state index in [0.29, 0.717) is 32.6 Å². The predicted octanol–water partition coefficient (Wildman–Crippen LogP) is -1.24. The van der Waals surface area contributed by atoms with Gasteiger partial charge in [-0.1, -0.05) is 6.92 Å². The molecule has 1 rings (SSSR count). The quantitative estimate of drug-likeness (QED) is 0.630. The van der Waals surface area contributed by atoms with E-state index in [9.17, 15) is 13.2 Å². The van der Waals surface area contributed by atoms with Crippen LogP contribution in [0.1, 0.15) is 13.3 Å². The lowest BCUT2D eigenvalue weighted by atomic mass is 10.2. The van der Waals surface area contributed by atoms with Gasteiger partial charge in [0.15, 0.2) is 0 Å². The molecule has 1 atom stereocenters. The van der Waals surface area contributed by atoms with Crippen LogP contribution in [0.3, 0.4) is 0 Å². The van der Waals surface area contributed by atoms with Gasteiger partial charge >= 0.3 is 5.97 Å². The van der Waals surface area contributed by atoms with Gasteiger partial charge < -0.3 is 10.8 Å². The van der Waals surface area contributed by atoms with Crippen LogP contribution in [-0.2, 0) is 14.8 Å². The molecule has 106 valence electrons. The van der Waals surface area contributed by atoms with Gasteiger partial charge in [0.05, 0.1) is 5.75 Å². The molecule has 0 amide bonds. The first-order valence-electron chi connectivity index (χ1n) is 6.07. The molecule has 18 heavy (non-hydrogen) atoms. The molecule has 8 heteroatoms. The Kier molecular flexibility index (Phi) is 5.51. The minimum absolute atomic E-state index is 0.0387. The van der Waals surface area contributed by atoms with E-state index in [0.717, 1.165) is 0 Å². The van der Waals surface area contributed by atoms with Crippen molar-refractivity contribution in [2.75, 3.05) is 38.5 Å². The average molecular weight is 279 g/mol. The first-order valence-corrected chi connectivity index (χ1v) is 7.68. The first-order chi connectivity index (χ1) is 8.42. The van der Waals surface area contributed by atoms with Crippen molar-refractivity contribution in [2.24, 2.45) is 5.73 Å². The van der Waals surface area contributed by atoms with Crippen molar-refractivity contribution < 1.29 is 18.3 Å². The maximum absolute atomic E-state index is 11.8. The van der Waals surface area contributed by atoms with Crippen molar-refractivity contribution in [1.29, 1.82) is 0 Å². The molecule has 0 aromatic rings. The Bertz CT molecular complexity index is 377. The van der Waals surface area contributed by atoms with E-state index >= 15 is 0 Å². The third kappa shape index (κ3) is 3.64. The highest BCUT2D eigenvalue weighted by Gasteiger charge is 2.31. The molecule has 0 aliphatic carbocycles. The maximum Gasteiger partial charge on any atom is 0.322 e. The largest absolute Gasteiger partial charge is 0.480 e. The number of hydrogen-bond donors (Lipinski definition) is 2. The van der Waals surface area contributed by atoms with Crippen LogP contribution < -0.4 is 5.73 Å². The van der Waals surface area contributed by atoms with Crippen molar-refractivity contribution in [1.82, 2.24) is 9.21 Å². The van der Waals surface area contributed by atoms with Crippen molar-refractivity contribution in [3.8, 4) is 0 Å². The van der Waals surface area contributed by atoms with Crippen LogP contribution in [0, 0.1) is 0 Å². The van der Waals surface area contributed by atoms with Crippen molar-refractivity contribution in [2.45, 2.75) is 19.4 Å². The average Bonchev–Trinajstić information content (AvgIpc) is 2.30. The summed E-state index contributed by atoms with van der Waals surface area (Å²) in [6.07, 6.45) is 0.586. The number of piperazine rings is 1. The molecule has 0 radical (unpaired) electrons. The summed E-state index contributed by atoms with van der Waals surface area (Å²) in [5.74, 6) is -0.811. The summed E-state index contributed by atoms with van der Waals surface area (Å²) in [6.45, 7) is 3.37. The number of carboxylic acids is 1. The number of nitrogens with two attached hydrogens (primary N) is 1. The number of aliphatic carboxylic acids is 1. The predicted molar refractivity (Wildman–Crippen MR) is 67.7 cm³/mol. The van der Waals surface area contributed by atoms with Crippen LogP contribution in [0.15, 0.2) is 0 Å². The lowest BCUT2D eigenvalue weighted by Gasteiger charge is -2.36. The summed E-state index contributed by atoms with van der Waals surface area (Å²) in [6, 6.07) is -0.721. The van der Waals surface area contributed by atoms with E-state index in [1.807, 2.05) is 6.92 Å². The zero-order valence-corrected chi connectivity index (χ0v) is 11.4. The Morgan fingerprint density at radius 1 is 1.33 bits per heavy atom. The van der Waals surface area contributed by atoms with Gasteiger partial charge in [-0.25, -0.2) is 8.42 Å². The second kappa shape index (κ2) is 6.46. The normalized spacial score (nSPS) is 20.8. The van der Waals surface area contributed by atoms with Crippen LogP contribution in [0.2, 0.25) is 0 Å². The number of sulfonamides is 1. The van der Waals surface area contributed by atoms with Gasteiger partial charge in [0.25, 0.3) is 0 Å². The van der Waals surface area contributed by atoms with Crippen LogP contribution in [0.5, 0.6) is 0 Å². The minimum Gasteiger partial charge on any atom is -0.480 e. The summed E-state index contributed by atoms with van der Waals surface area (Å²) in [7, 11) is -3.18. The van der Waals surface area contributed by atoms with Gasteiger partial charge in [-0.3, -0.25) is 9.69 Å². The Morgan fingerprint density at radius 3 is 2.28 bits per heavy atom. The molecule has 0 aromatic carbocycles. The number of hydrogen-bond acceptors (Lipinski definition) is 5. The van der Waals surface area contributed by atoms with Gasteiger partial charge in [-0.2, -0.15) is 4.31 Å². The molecular formula is C10H21N3O4S. The summed E-state index contributed by atoms with van der Waals surface area (Å²) in [4.78, 5) is 12.7. The second-order valence-corrected chi connectivity index (χ2v) is 6.43. The third-order valence-electron chi connectivity index (χ3n) is 3.08. The van der Waals surface area contributed by atoms with Crippen LogP contribution in [0.4, 0.5) is 0 Å². The molecule has 1 fully saturated rings. The Balaban J connectivity index is 2.58. The Labute approximate surface area is 108 Å². The fraction of sp³-hybridized carbons (Fsp3) is 0.900. The number of nitrogens with zero attached hydrogens (tertiary/aromatic N) is 2. The molecule has 1 saturated heterocycles. The molecule has 0 saturated carbocycles. The number of rotatable bonds is 6. The van der Waals surface area contributed by atoms with E-state index in [1.165, 1.54) is 4.31 Å². The highest BCUT2D eigenvalue weighted by Crippen LogP contribution is 2.11.